The van der Waals surface area contributed by atoms with E-state index < -0.39 is 42.0 Å². The summed E-state index contributed by atoms with van der Waals surface area (Å²) < 4.78 is 66.3. The molecule has 5 nitrogen and oxygen atoms in total. The van der Waals surface area contributed by atoms with Crippen LogP contribution in [0.15, 0.2) is 60.7 Å². The molecule has 46 heavy (non-hydrogen) atoms. The number of alkyl halides is 3. The van der Waals surface area contributed by atoms with Gasteiger partial charge in [-0.3, -0.25) is 0 Å². The second-order valence-corrected chi connectivity index (χ2v) is 12.0. The molecule has 0 spiro atoms. The fourth-order valence-electron chi connectivity index (χ4n) is 5.14. The lowest BCUT2D eigenvalue weighted by Crippen LogP contribution is -2.34. The van der Waals surface area contributed by atoms with Crippen molar-refractivity contribution in [1.29, 1.82) is 0 Å². The van der Waals surface area contributed by atoms with Crippen LogP contribution in [0.5, 0.6) is 5.75 Å². The molecule has 0 unspecified atom stereocenters. The normalized spacial score (nSPS) is 12.3. The molecular weight excluding hydrogens is 600 g/mol. The maximum atomic E-state index is 15.2. The zero-order valence-corrected chi connectivity index (χ0v) is 26.8. The summed E-state index contributed by atoms with van der Waals surface area (Å²) in [6, 6.07) is 15.1. The van der Waals surface area contributed by atoms with Crippen LogP contribution < -0.4 is 4.74 Å². The van der Waals surface area contributed by atoms with Crippen LogP contribution >= 0.6 is 0 Å². The largest absolute Gasteiger partial charge is 0.494 e. The first-order chi connectivity index (χ1) is 21.9. The number of benzene rings is 3. The highest BCUT2D eigenvalue weighted by molar-refractivity contribution is 5.95. The number of hydrogen-bond donors (Lipinski definition) is 1. The lowest BCUT2D eigenvalue weighted by molar-refractivity contribution is -0.206. The molecule has 3 aromatic carbocycles. The van der Waals surface area contributed by atoms with E-state index >= 15 is 4.39 Å². The van der Waals surface area contributed by atoms with E-state index in [2.05, 4.69) is 6.92 Å². The average Bonchev–Trinajstić information content (AvgIpc) is 3.01. The van der Waals surface area contributed by atoms with Crippen LogP contribution in [0.3, 0.4) is 0 Å². The molecule has 0 aliphatic rings. The number of carboxylic acids is 1. The Kier molecular flexibility index (Phi) is 14.1. The van der Waals surface area contributed by atoms with Gasteiger partial charge in [-0.2, -0.15) is 13.2 Å². The van der Waals surface area contributed by atoms with Gasteiger partial charge >= 0.3 is 18.1 Å². The first-order valence-corrected chi connectivity index (χ1v) is 16.1. The maximum absolute atomic E-state index is 15.2. The topological polar surface area (TPSA) is 72.8 Å². The van der Waals surface area contributed by atoms with E-state index in [4.69, 9.17) is 9.47 Å². The Morgan fingerprint density at radius 3 is 2.00 bits per heavy atom. The number of hydrogen-bond acceptors (Lipinski definition) is 4. The molecule has 1 N–H and O–H groups in total. The number of carboxylic acid groups (broad SMARTS) is 1. The Morgan fingerprint density at radius 1 is 0.783 bits per heavy atom. The minimum absolute atomic E-state index is 0.0360. The van der Waals surface area contributed by atoms with Gasteiger partial charge in [0.25, 0.3) is 0 Å². The van der Waals surface area contributed by atoms with Crippen LogP contribution in [0.1, 0.15) is 106 Å². The number of carbonyl (C=O) groups excluding carboxylic acids is 1. The van der Waals surface area contributed by atoms with E-state index in [1.807, 2.05) is 24.3 Å². The van der Waals surface area contributed by atoms with Crippen LogP contribution in [0, 0.1) is 11.7 Å². The van der Waals surface area contributed by atoms with Crippen molar-refractivity contribution in [2.45, 2.75) is 97.3 Å². The molecule has 0 saturated heterocycles. The van der Waals surface area contributed by atoms with Crippen LogP contribution in [-0.4, -0.2) is 35.9 Å². The van der Waals surface area contributed by atoms with Crippen molar-refractivity contribution in [2.24, 2.45) is 5.92 Å². The summed E-state index contributed by atoms with van der Waals surface area (Å²) >= 11 is 0. The second-order valence-electron chi connectivity index (χ2n) is 12.0. The molecule has 0 amide bonds. The maximum Gasteiger partial charge on any atom is 0.425 e. The average molecular weight is 645 g/mol. The van der Waals surface area contributed by atoms with Gasteiger partial charge in [0.05, 0.1) is 17.7 Å². The second kappa shape index (κ2) is 17.7. The third-order valence-corrected chi connectivity index (χ3v) is 7.82. The molecule has 0 heterocycles. The third-order valence-electron chi connectivity index (χ3n) is 7.82. The third kappa shape index (κ3) is 11.2. The van der Waals surface area contributed by atoms with Crippen molar-refractivity contribution in [2.75, 3.05) is 6.61 Å². The molecule has 0 saturated carbocycles. The summed E-state index contributed by atoms with van der Waals surface area (Å²) in [6.07, 6.45) is 2.19. The lowest BCUT2D eigenvalue weighted by atomic mass is 9.92. The minimum Gasteiger partial charge on any atom is -0.494 e. The predicted octanol–water partition coefficient (Wildman–Crippen LogP) is 10.9. The smallest absolute Gasteiger partial charge is 0.425 e. The number of ether oxygens (including phenoxy) is 2. The number of rotatable bonds is 18. The van der Waals surface area contributed by atoms with Crippen molar-refractivity contribution < 1.29 is 41.7 Å². The van der Waals surface area contributed by atoms with Crippen LogP contribution in [0.25, 0.3) is 22.3 Å². The zero-order valence-electron chi connectivity index (χ0n) is 26.8. The molecular formula is C37H44F4O5. The van der Waals surface area contributed by atoms with E-state index in [1.54, 1.807) is 19.9 Å². The number of esters is 1. The first kappa shape index (κ1) is 36.6. The lowest BCUT2D eigenvalue weighted by Gasteiger charge is -2.21. The standard InChI is InChI=1S/C37H44F4O5/c1-4-5-6-7-8-9-10-11-22-45-29-17-13-26(14-18-29)30-19-16-28(35(42)43)23-32(30)27-15-20-31(33(38)24-27)36(44)46-34(37(39,40)41)21-12-25(2)3/h13-20,23-25,34H,4-12,21-22H2,1-3H3,(H,42,43)/t34-/m1/s1. The molecule has 0 aliphatic carbocycles. The molecule has 0 aromatic heterocycles. The summed E-state index contributed by atoms with van der Waals surface area (Å²) in [5.74, 6) is -3.03. The van der Waals surface area contributed by atoms with Crippen molar-refractivity contribution in [3.8, 4) is 28.0 Å². The molecule has 0 fully saturated rings. The summed E-state index contributed by atoms with van der Waals surface area (Å²) in [4.78, 5) is 24.4. The van der Waals surface area contributed by atoms with E-state index in [0.29, 0.717) is 29.0 Å². The van der Waals surface area contributed by atoms with Crippen LogP contribution in [0.4, 0.5) is 17.6 Å². The fraction of sp³-hybridized carbons (Fsp3) is 0.459. The van der Waals surface area contributed by atoms with E-state index in [-0.39, 0.29) is 23.5 Å². The van der Waals surface area contributed by atoms with Gasteiger partial charge in [-0.05, 0) is 83.8 Å². The van der Waals surface area contributed by atoms with E-state index in [9.17, 15) is 27.9 Å². The Balaban J connectivity index is 1.75. The van der Waals surface area contributed by atoms with Crippen LogP contribution in [-0.2, 0) is 4.74 Å². The monoisotopic (exact) mass is 644 g/mol. The van der Waals surface area contributed by atoms with E-state index in [1.165, 1.54) is 56.7 Å². The summed E-state index contributed by atoms with van der Waals surface area (Å²) in [6.45, 7) is 6.31. The van der Waals surface area contributed by atoms with Crippen molar-refractivity contribution >= 4 is 11.9 Å². The SMILES string of the molecule is CCCCCCCCCCOc1ccc(-c2ccc(C(=O)O)cc2-c2ccc(C(=O)O[C@H](CCC(C)C)C(F)(F)F)c(F)c2)cc1. The highest BCUT2D eigenvalue weighted by Gasteiger charge is 2.42. The van der Waals surface area contributed by atoms with Gasteiger partial charge in [0.1, 0.15) is 11.6 Å². The highest BCUT2D eigenvalue weighted by Crippen LogP contribution is 2.35. The Morgan fingerprint density at radius 2 is 1.41 bits per heavy atom. The van der Waals surface area contributed by atoms with Gasteiger partial charge in [0.2, 0.25) is 0 Å². The molecule has 0 aliphatic heterocycles. The first-order valence-electron chi connectivity index (χ1n) is 16.1. The number of carbonyl (C=O) groups is 2. The zero-order chi connectivity index (χ0) is 33.7. The van der Waals surface area contributed by atoms with Crippen molar-refractivity contribution in [1.82, 2.24) is 0 Å². The van der Waals surface area contributed by atoms with Gasteiger partial charge in [-0.25, -0.2) is 14.0 Å². The number of halogens is 4. The molecule has 0 radical (unpaired) electrons. The minimum atomic E-state index is -4.79. The van der Waals surface area contributed by atoms with Gasteiger partial charge in [0, 0.05) is 0 Å². The molecule has 9 heteroatoms. The molecule has 3 aromatic rings. The quantitative estimate of drug-likeness (QED) is 0.0847. The molecule has 250 valence electrons. The summed E-state index contributed by atoms with van der Waals surface area (Å²) in [7, 11) is 0. The van der Waals surface area contributed by atoms with Crippen molar-refractivity contribution in [3.05, 3.63) is 77.6 Å². The number of aromatic carboxylic acids is 1. The molecule has 1 atom stereocenters. The summed E-state index contributed by atoms with van der Waals surface area (Å²) in [5.41, 5.74) is 1.25. The van der Waals surface area contributed by atoms with Gasteiger partial charge < -0.3 is 14.6 Å². The number of unbranched alkanes of at least 4 members (excludes halogenated alkanes) is 7. The Labute approximate surface area is 268 Å². The molecule has 0 bridgehead atoms. The Bertz CT molecular complexity index is 1420. The van der Waals surface area contributed by atoms with Gasteiger partial charge in [-0.15, -0.1) is 0 Å². The Hall–Kier alpha value is -3.88. The predicted molar refractivity (Wildman–Crippen MR) is 172 cm³/mol. The van der Waals surface area contributed by atoms with Crippen LogP contribution in [0.2, 0.25) is 0 Å². The highest BCUT2D eigenvalue weighted by atomic mass is 19.4. The van der Waals surface area contributed by atoms with Gasteiger partial charge in [-0.1, -0.05) is 90.0 Å². The van der Waals surface area contributed by atoms with Gasteiger partial charge in [0.15, 0.2) is 6.10 Å². The fourth-order valence-corrected chi connectivity index (χ4v) is 5.14. The van der Waals surface area contributed by atoms with E-state index in [0.717, 1.165) is 25.0 Å². The molecule has 3 rings (SSSR count). The van der Waals surface area contributed by atoms with Crippen molar-refractivity contribution in [3.63, 3.8) is 0 Å². The summed E-state index contributed by atoms with van der Waals surface area (Å²) in [5, 5.41) is 9.59.